The summed E-state index contributed by atoms with van der Waals surface area (Å²) >= 11 is 1.67. The third kappa shape index (κ3) is 2.70. The molecule has 0 amide bonds. The number of benzene rings is 2. The molecule has 3 atom stereocenters. The number of aliphatic carboxylic acids is 2. The first-order valence-corrected chi connectivity index (χ1v) is 9.34. The fourth-order valence-electron chi connectivity index (χ4n) is 4.00. The molecule has 1 fully saturated rings. The van der Waals surface area contributed by atoms with Crippen molar-refractivity contribution in [3.63, 3.8) is 0 Å². The third-order valence-electron chi connectivity index (χ3n) is 5.52. The number of nitrogens with two attached hydrogens (primary N) is 1. The maximum atomic E-state index is 12.0. The summed E-state index contributed by atoms with van der Waals surface area (Å²) in [5, 5.41) is 19.1. The van der Waals surface area contributed by atoms with Gasteiger partial charge in [-0.3, -0.25) is 9.59 Å². The van der Waals surface area contributed by atoms with Crippen LogP contribution in [0.5, 0.6) is 0 Å². The molecule has 1 saturated carbocycles. The normalized spacial score (nSPS) is 23.4. The van der Waals surface area contributed by atoms with E-state index in [2.05, 4.69) is 0 Å². The quantitative estimate of drug-likeness (QED) is 0.748. The predicted octanol–water partition coefficient (Wildman–Crippen LogP) is 3.18. The molecule has 0 aromatic heterocycles. The van der Waals surface area contributed by atoms with Crippen LogP contribution in [0.2, 0.25) is 0 Å². The van der Waals surface area contributed by atoms with Crippen molar-refractivity contribution in [2.45, 2.75) is 34.1 Å². The standard InChI is InChI=1S/C20H19NO4S/c21-20(19(24)25,15-9-13(15)18(22)23)10-14-11-5-1-3-7-16(11)26-17-8-4-2-6-12(14)17/h1-8,13-15H,9-10,21H2,(H,22,23)(H,24,25)/t13-,15?,20+/m0/s1. The van der Waals surface area contributed by atoms with Gasteiger partial charge in [-0.1, -0.05) is 48.2 Å². The molecule has 1 unspecified atom stereocenters. The summed E-state index contributed by atoms with van der Waals surface area (Å²) in [5.74, 6) is -3.46. The van der Waals surface area contributed by atoms with Crippen LogP contribution in [0.3, 0.4) is 0 Å². The van der Waals surface area contributed by atoms with Crippen LogP contribution in [0.4, 0.5) is 0 Å². The van der Waals surface area contributed by atoms with E-state index >= 15 is 0 Å². The van der Waals surface area contributed by atoms with E-state index < -0.39 is 29.3 Å². The summed E-state index contributed by atoms with van der Waals surface area (Å²) in [6, 6.07) is 15.9. The number of carbonyl (C=O) groups is 2. The van der Waals surface area contributed by atoms with Crippen molar-refractivity contribution in [2.75, 3.05) is 0 Å². The zero-order valence-electron chi connectivity index (χ0n) is 14.0. The van der Waals surface area contributed by atoms with Crippen molar-refractivity contribution in [3.05, 3.63) is 59.7 Å². The molecule has 0 bridgehead atoms. The van der Waals surface area contributed by atoms with Crippen LogP contribution >= 0.6 is 11.8 Å². The van der Waals surface area contributed by atoms with Crippen LogP contribution < -0.4 is 5.73 Å². The average Bonchev–Trinajstić information content (AvgIpc) is 3.43. The smallest absolute Gasteiger partial charge is 0.324 e. The van der Waals surface area contributed by atoms with Crippen LogP contribution in [0, 0.1) is 11.8 Å². The highest BCUT2D eigenvalue weighted by atomic mass is 32.2. The zero-order chi connectivity index (χ0) is 18.5. The largest absolute Gasteiger partial charge is 0.481 e. The molecule has 26 heavy (non-hydrogen) atoms. The molecule has 5 nitrogen and oxygen atoms in total. The van der Waals surface area contributed by atoms with Crippen LogP contribution in [0.1, 0.15) is 29.9 Å². The lowest BCUT2D eigenvalue weighted by Gasteiger charge is -2.34. The summed E-state index contributed by atoms with van der Waals surface area (Å²) in [5.41, 5.74) is 6.90. The fraction of sp³-hybridized carbons (Fsp3) is 0.300. The van der Waals surface area contributed by atoms with Gasteiger partial charge in [0.2, 0.25) is 0 Å². The average molecular weight is 369 g/mol. The minimum Gasteiger partial charge on any atom is -0.481 e. The van der Waals surface area contributed by atoms with Crippen LogP contribution in [0.25, 0.3) is 0 Å². The summed E-state index contributed by atoms with van der Waals surface area (Å²) in [6.07, 6.45) is 0.508. The van der Waals surface area contributed by atoms with Gasteiger partial charge in [-0.05, 0) is 36.1 Å². The Morgan fingerprint density at radius 2 is 1.58 bits per heavy atom. The first kappa shape index (κ1) is 17.1. The van der Waals surface area contributed by atoms with Crippen LogP contribution in [-0.2, 0) is 9.59 Å². The number of hydrogen-bond donors (Lipinski definition) is 3. The molecule has 4 rings (SSSR count). The molecule has 2 aliphatic rings. The van der Waals surface area contributed by atoms with Crippen molar-refractivity contribution in [1.29, 1.82) is 0 Å². The van der Waals surface area contributed by atoms with E-state index in [4.69, 9.17) is 5.73 Å². The SMILES string of the molecule is N[C@@](CC1c2ccccc2Sc2ccccc21)(C(=O)O)C1C[C@@H]1C(=O)O. The predicted molar refractivity (Wildman–Crippen MR) is 97.3 cm³/mol. The first-order valence-electron chi connectivity index (χ1n) is 8.52. The molecule has 134 valence electrons. The van der Waals surface area contributed by atoms with Gasteiger partial charge in [-0.2, -0.15) is 0 Å². The van der Waals surface area contributed by atoms with E-state index in [1.807, 2.05) is 48.5 Å². The minimum atomic E-state index is -1.56. The minimum absolute atomic E-state index is 0.167. The van der Waals surface area contributed by atoms with E-state index in [1.165, 1.54) is 0 Å². The second kappa shape index (κ2) is 6.14. The second-order valence-electron chi connectivity index (χ2n) is 7.07. The van der Waals surface area contributed by atoms with Gasteiger partial charge >= 0.3 is 11.9 Å². The number of rotatable bonds is 5. The van der Waals surface area contributed by atoms with Crippen LogP contribution in [-0.4, -0.2) is 27.7 Å². The maximum Gasteiger partial charge on any atom is 0.324 e. The van der Waals surface area contributed by atoms with E-state index in [0.29, 0.717) is 6.42 Å². The van der Waals surface area contributed by atoms with Gasteiger partial charge < -0.3 is 15.9 Å². The Balaban J connectivity index is 1.75. The van der Waals surface area contributed by atoms with Gasteiger partial charge in [0.15, 0.2) is 0 Å². The molecule has 2 aromatic carbocycles. The Morgan fingerprint density at radius 1 is 1.04 bits per heavy atom. The Bertz CT molecular complexity index is 853. The summed E-state index contributed by atoms with van der Waals surface area (Å²) < 4.78 is 0. The van der Waals surface area contributed by atoms with E-state index in [1.54, 1.807) is 11.8 Å². The Morgan fingerprint density at radius 3 is 2.04 bits per heavy atom. The number of carboxylic acids is 2. The molecular weight excluding hydrogens is 350 g/mol. The topological polar surface area (TPSA) is 101 Å². The van der Waals surface area contributed by atoms with Gasteiger partial charge in [0.05, 0.1) is 5.92 Å². The molecular formula is C20H19NO4S. The molecule has 2 aromatic rings. The molecule has 4 N–H and O–H groups in total. The van der Waals surface area contributed by atoms with Crippen molar-refractivity contribution >= 4 is 23.7 Å². The molecule has 6 heteroatoms. The summed E-state index contributed by atoms with van der Waals surface area (Å²) in [4.78, 5) is 25.5. The molecule has 1 heterocycles. The lowest BCUT2D eigenvalue weighted by molar-refractivity contribution is -0.145. The highest BCUT2D eigenvalue weighted by Crippen LogP contribution is 2.53. The highest BCUT2D eigenvalue weighted by Gasteiger charge is 2.59. The second-order valence-corrected chi connectivity index (χ2v) is 8.15. The summed E-state index contributed by atoms with van der Waals surface area (Å²) in [6.45, 7) is 0. The van der Waals surface area contributed by atoms with Gasteiger partial charge in [0.1, 0.15) is 5.54 Å². The Labute approximate surface area is 155 Å². The zero-order valence-corrected chi connectivity index (χ0v) is 14.8. The molecule has 0 spiro atoms. The highest BCUT2D eigenvalue weighted by molar-refractivity contribution is 7.99. The first-order chi connectivity index (χ1) is 12.4. The Hall–Kier alpha value is -2.31. The van der Waals surface area contributed by atoms with Crippen molar-refractivity contribution in [1.82, 2.24) is 0 Å². The third-order valence-corrected chi connectivity index (χ3v) is 6.70. The van der Waals surface area contributed by atoms with Crippen molar-refractivity contribution in [3.8, 4) is 0 Å². The van der Waals surface area contributed by atoms with Gasteiger partial charge in [0.25, 0.3) is 0 Å². The van der Waals surface area contributed by atoms with E-state index in [0.717, 1.165) is 20.9 Å². The fourth-order valence-corrected chi connectivity index (χ4v) is 5.19. The van der Waals surface area contributed by atoms with Gasteiger partial charge in [0, 0.05) is 21.6 Å². The molecule has 1 aliphatic carbocycles. The van der Waals surface area contributed by atoms with E-state index in [-0.39, 0.29) is 12.3 Å². The Kier molecular flexibility index (Phi) is 4.04. The maximum absolute atomic E-state index is 12.0. The van der Waals surface area contributed by atoms with Gasteiger partial charge in [-0.25, -0.2) is 0 Å². The number of hydrogen-bond acceptors (Lipinski definition) is 4. The van der Waals surface area contributed by atoms with Crippen molar-refractivity contribution in [2.24, 2.45) is 17.6 Å². The van der Waals surface area contributed by atoms with Crippen LogP contribution in [0.15, 0.2) is 58.3 Å². The van der Waals surface area contributed by atoms with E-state index in [9.17, 15) is 19.8 Å². The lowest BCUT2D eigenvalue weighted by Crippen LogP contribution is -2.52. The number of carboxylic acid groups (broad SMARTS) is 2. The van der Waals surface area contributed by atoms with Gasteiger partial charge in [-0.15, -0.1) is 0 Å². The number of fused-ring (bicyclic) bond motifs is 2. The van der Waals surface area contributed by atoms with Crippen molar-refractivity contribution < 1.29 is 19.8 Å². The molecule has 1 aliphatic heterocycles. The molecule has 0 radical (unpaired) electrons. The molecule has 0 saturated heterocycles. The summed E-state index contributed by atoms with van der Waals surface area (Å²) in [7, 11) is 0. The monoisotopic (exact) mass is 369 g/mol. The lowest BCUT2D eigenvalue weighted by atomic mass is 9.77.